The van der Waals surface area contributed by atoms with Crippen molar-refractivity contribution < 1.29 is 0 Å². The van der Waals surface area contributed by atoms with Crippen molar-refractivity contribution in [3.8, 4) is 0 Å². The Hall–Kier alpha value is -2.53. The number of hydrogen-bond acceptors (Lipinski definition) is 3. The first-order valence-electron chi connectivity index (χ1n) is 8.07. The Kier molecular flexibility index (Phi) is 5.33. The Labute approximate surface area is 147 Å². The summed E-state index contributed by atoms with van der Waals surface area (Å²) >= 11 is 5.66. The highest BCUT2D eigenvalue weighted by Gasteiger charge is 2.11. The number of nitrogens with one attached hydrogen (secondary N) is 1. The summed E-state index contributed by atoms with van der Waals surface area (Å²) in [6, 6.07) is 16.4. The van der Waals surface area contributed by atoms with Crippen LogP contribution in [0.15, 0.2) is 60.9 Å². The average Bonchev–Trinajstić information content (AvgIpc) is 2.62. The van der Waals surface area contributed by atoms with E-state index in [9.17, 15) is 0 Å². The molecule has 0 atom stereocenters. The summed E-state index contributed by atoms with van der Waals surface area (Å²) < 4.78 is 0. The molecule has 0 amide bonds. The van der Waals surface area contributed by atoms with Gasteiger partial charge in [0.05, 0.1) is 12.4 Å². The third-order valence-electron chi connectivity index (χ3n) is 3.83. The van der Waals surface area contributed by atoms with E-state index in [4.69, 9.17) is 12.2 Å². The van der Waals surface area contributed by atoms with Crippen LogP contribution in [-0.2, 0) is 6.54 Å². The molecule has 3 aromatic rings. The molecule has 0 bridgehead atoms. The average molecular weight is 336 g/mol. The van der Waals surface area contributed by atoms with E-state index < -0.39 is 0 Å². The van der Waals surface area contributed by atoms with Crippen LogP contribution in [0.2, 0.25) is 0 Å². The lowest BCUT2D eigenvalue weighted by Crippen LogP contribution is -2.34. The van der Waals surface area contributed by atoms with Crippen LogP contribution in [0.3, 0.4) is 0 Å². The molecule has 0 saturated carbocycles. The zero-order chi connectivity index (χ0) is 16.8. The maximum absolute atomic E-state index is 5.66. The molecule has 0 spiro atoms. The second-order valence-corrected chi connectivity index (χ2v) is 6.02. The smallest absolute Gasteiger partial charge is 0.173 e. The quantitative estimate of drug-likeness (QED) is 0.706. The first-order valence-corrected chi connectivity index (χ1v) is 8.48. The number of rotatable bonds is 5. The summed E-state index contributed by atoms with van der Waals surface area (Å²) in [6.45, 7) is 3.87. The topological polar surface area (TPSA) is 41.0 Å². The summed E-state index contributed by atoms with van der Waals surface area (Å²) in [6.07, 6.45) is 4.56. The van der Waals surface area contributed by atoms with Gasteiger partial charge in [-0.2, -0.15) is 10.2 Å². The molecule has 0 radical (unpaired) electrons. The van der Waals surface area contributed by atoms with Gasteiger partial charge in [-0.15, -0.1) is 0 Å². The van der Waals surface area contributed by atoms with E-state index in [0.717, 1.165) is 41.1 Å². The first kappa shape index (κ1) is 16.3. The Morgan fingerprint density at radius 2 is 1.83 bits per heavy atom. The largest absolute Gasteiger partial charge is 0.345 e. The fourth-order valence-electron chi connectivity index (χ4n) is 2.66. The summed E-state index contributed by atoms with van der Waals surface area (Å²) in [5.41, 5.74) is 2.21. The number of benzene rings is 2. The van der Waals surface area contributed by atoms with Crippen LogP contribution >= 0.6 is 12.2 Å². The van der Waals surface area contributed by atoms with E-state index in [1.54, 1.807) is 12.4 Å². The van der Waals surface area contributed by atoms with E-state index >= 15 is 0 Å². The third kappa shape index (κ3) is 3.86. The van der Waals surface area contributed by atoms with E-state index in [2.05, 4.69) is 51.6 Å². The van der Waals surface area contributed by atoms with Crippen molar-refractivity contribution in [1.29, 1.82) is 0 Å². The van der Waals surface area contributed by atoms with Crippen molar-refractivity contribution in [2.75, 3.05) is 11.9 Å². The zero-order valence-electron chi connectivity index (χ0n) is 13.6. The summed E-state index contributed by atoms with van der Waals surface area (Å²) in [5, 5.41) is 14.1. The first-order chi connectivity index (χ1) is 11.8. The Morgan fingerprint density at radius 1 is 1.04 bits per heavy atom. The fraction of sp³-hybridized carbons (Fsp3) is 0.211. The van der Waals surface area contributed by atoms with Crippen molar-refractivity contribution in [2.24, 2.45) is 0 Å². The van der Waals surface area contributed by atoms with Gasteiger partial charge in [0.1, 0.15) is 0 Å². The van der Waals surface area contributed by atoms with Crippen LogP contribution in [0.5, 0.6) is 0 Å². The van der Waals surface area contributed by atoms with Gasteiger partial charge >= 0.3 is 0 Å². The predicted molar refractivity (Wildman–Crippen MR) is 103 cm³/mol. The minimum Gasteiger partial charge on any atom is -0.345 e. The highest BCUT2D eigenvalue weighted by molar-refractivity contribution is 7.80. The minimum atomic E-state index is 0.727. The minimum absolute atomic E-state index is 0.727. The molecular formula is C19H20N4S. The molecule has 0 aliphatic heterocycles. The highest BCUT2D eigenvalue weighted by atomic mass is 32.1. The third-order valence-corrected chi connectivity index (χ3v) is 4.19. The van der Waals surface area contributed by atoms with Gasteiger partial charge < -0.3 is 10.2 Å². The van der Waals surface area contributed by atoms with Crippen LogP contribution in [0, 0.1) is 0 Å². The maximum Gasteiger partial charge on any atom is 0.173 e. The van der Waals surface area contributed by atoms with E-state index in [1.807, 2.05) is 24.3 Å². The lowest BCUT2D eigenvalue weighted by molar-refractivity contribution is 0.418. The molecule has 3 rings (SSSR count). The Bertz CT molecular complexity index is 814. The molecule has 24 heavy (non-hydrogen) atoms. The number of thiocarbonyl (C=S) groups is 1. The van der Waals surface area contributed by atoms with Gasteiger partial charge in [-0.05, 0) is 30.3 Å². The van der Waals surface area contributed by atoms with Crippen LogP contribution in [0.1, 0.15) is 18.9 Å². The molecule has 2 aromatic carbocycles. The van der Waals surface area contributed by atoms with Crippen LogP contribution in [0.4, 0.5) is 5.69 Å². The molecule has 5 heteroatoms. The molecule has 122 valence electrons. The predicted octanol–water partition coefficient (Wildman–Crippen LogP) is 4.24. The standard InChI is InChI=1S/C19H20N4S/c1-2-11-23(14-15-7-4-3-5-8-15)19(24)22-18-10-6-9-16-12-20-21-13-17(16)18/h3-10,12-13H,2,11,14H2,1H3,(H,22,24). The van der Waals surface area contributed by atoms with Crippen molar-refractivity contribution >= 4 is 33.8 Å². The van der Waals surface area contributed by atoms with Crippen molar-refractivity contribution in [3.63, 3.8) is 0 Å². The Morgan fingerprint density at radius 3 is 2.62 bits per heavy atom. The molecule has 0 aliphatic carbocycles. The zero-order valence-corrected chi connectivity index (χ0v) is 14.5. The highest BCUT2D eigenvalue weighted by Crippen LogP contribution is 2.22. The molecule has 1 aromatic heterocycles. The van der Waals surface area contributed by atoms with Gasteiger partial charge in [0.2, 0.25) is 0 Å². The van der Waals surface area contributed by atoms with Crippen molar-refractivity contribution in [1.82, 2.24) is 15.1 Å². The molecular weight excluding hydrogens is 316 g/mol. The second kappa shape index (κ2) is 7.84. The monoisotopic (exact) mass is 336 g/mol. The molecule has 0 aliphatic rings. The van der Waals surface area contributed by atoms with Gasteiger partial charge in [0.25, 0.3) is 0 Å². The SMILES string of the molecule is CCCN(Cc1ccccc1)C(=S)Nc1cccc2cnncc12. The molecule has 1 N–H and O–H groups in total. The number of anilines is 1. The fourth-order valence-corrected chi connectivity index (χ4v) is 2.92. The van der Waals surface area contributed by atoms with Crippen LogP contribution < -0.4 is 5.32 Å². The lowest BCUT2D eigenvalue weighted by atomic mass is 10.1. The second-order valence-electron chi connectivity index (χ2n) is 5.63. The number of fused-ring (bicyclic) bond motifs is 1. The van der Waals surface area contributed by atoms with E-state index in [-0.39, 0.29) is 0 Å². The van der Waals surface area contributed by atoms with E-state index in [1.165, 1.54) is 5.56 Å². The van der Waals surface area contributed by atoms with Crippen LogP contribution in [-0.4, -0.2) is 26.8 Å². The number of nitrogens with zero attached hydrogens (tertiary/aromatic N) is 3. The number of aromatic nitrogens is 2. The van der Waals surface area contributed by atoms with Gasteiger partial charge in [0, 0.05) is 29.5 Å². The van der Waals surface area contributed by atoms with Crippen molar-refractivity contribution in [2.45, 2.75) is 19.9 Å². The molecule has 0 saturated heterocycles. The van der Waals surface area contributed by atoms with Crippen molar-refractivity contribution in [3.05, 3.63) is 66.5 Å². The summed E-state index contributed by atoms with van der Waals surface area (Å²) in [4.78, 5) is 2.19. The maximum atomic E-state index is 5.66. The summed E-state index contributed by atoms with van der Waals surface area (Å²) in [7, 11) is 0. The normalized spacial score (nSPS) is 10.5. The summed E-state index contributed by atoms with van der Waals surface area (Å²) in [5.74, 6) is 0. The molecule has 1 heterocycles. The lowest BCUT2D eigenvalue weighted by Gasteiger charge is -2.26. The Balaban J connectivity index is 1.80. The van der Waals surface area contributed by atoms with Gasteiger partial charge in [-0.1, -0.05) is 49.4 Å². The van der Waals surface area contributed by atoms with Crippen LogP contribution in [0.25, 0.3) is 10.8 Å². The van der Waals surface area contributed by atoms with Gasteiger partial charge in [-0.3, -0.25) is 0 Å². The molecule has 0 fully saturated rings. The van der Waals surface area contributed by atoms with Gasteiger partial charge in [0.15, 0.2) is 5.11 Å². The van der Waals surface area contributed by atoms with Gasteiger partial charge in [-0.25, -0.2) is 0 Å². The molecule has 4 nitrogen and oxygen atoms in total. The number of hydrogen-bond donors (Lipinski definition) is 1. The molecule has 0 unspecified atom stereocenters. The van der Waals surface area contributed by atoms with E-state index in [0.29, 0.717) is 0 Å².